The molecular weight excluding hydrogens is 325 g/mol. The molecule has 1 aromatic rings. The quantitative estimate of drug-likeness (QED) is 0.336. The zero-order chi connectivity index (χ0) is 15.0. The summed E-state index contributed by atoms with van der Waals surface area (Å²) in [5, 5.41) is 16.2. The third-order valence-electron chi connectivity index (χ3n) is 2.18. The van der Waals surface area contributed by atoms with E-state index < -0.39 is 17.8 Å². The van der Waals surface area contributed by atoms with Crippen molar-refractivity contribution in [2.24, 2.45) is 10.2 Å². The molecule has 0 radical (unpaired) electrons. The first-order valence-corrected chi connectivity index (χ1v) is 7.53. The molecule has 0 aliphatic heterocycles. The van der Waals surface area contributed by atoms with E-state index in [1.807, 2.05) is 0 Å². The number of hydrogen-bond donors (Lipinski definition) is 0. The first-order chi connectivity index (χ1) is 9.58. The summed E-state index contributed by atoms with van der Waals surface area (Å²) in [4.78, 5) is 24.9. The first kappa shape index (κ1) is 16.0. The number of nitriles is 1. The molecule has 1 atom stereocenters. The number of azo groups is 1. The zero-order valence-corrected chi connectivity index (χ0v) is 12.8. The molecule has 104 valence electrons. The Morgan fingerprint density at radius 2 is 2.05 bits per heavy atom. The molecular formula is C13H13N3O3Se. The van der Waals surface area contributed by atoms with Gasteiger partial charge in [-0.1, -0.05) is 0 Å². The van der Waals surface area contributed by atoms with Crippen LogP contribution in [0.2, 0.25) is 0 Å². The van der Waals surface area contributed by atoms with Gasteiger partial charge in [0.05, 0.1) is 0 Å². The van der Waals surface area contributed by atoms with E-state index in [9.17, 15) is 9.59 Å². The topological polar surface area (TPSA) is 91.9 Å². The van der Waals surface area contributed by atoms with Gasteiger partial charge in [-0.3, -0.25) is 0 Å². The van der Waals surface area contributed by atoms with Gasteiger partial charge in [0.1, 0.15) is 0 Å². The van der Waals surface area contributed by atoms with Crippen molar-refractivity contribution in [3.8, 4) is 4.97 Å². The van der Waals surface area contributed by atoms with Gasteiger partial charge in [0.15, 0.2) is 0 Å². The molecule has 20 heavy (non-hydrogen) atoms. The summed E-state index contributed by atoms with van der Waals surface area (Å²) in [5.41, 5.74) is 0.512. The minimum absolute atomic E-state index is 0.184. The van der Waals surface area contributed by atoms with Crippen LogP contribution in [0, 0.1) is 10.2 Å². The number of rotatable bonds is 6. The van der Waals surface area contributed by atoms with Crippen LogP contribution in [0.4, 0.5) is 5.69 Å². The van der Waals surface area contributed by atoms with Crippen LogP contribution in [0.25, 0.3) is 0 Å². The third-order valence-corrected chi connectivity index (χ3v) is 3.44. The van der Waals surface area contributed by atoms with Gasteiger partial charge in [-0.25, -0.2) is 0 Å². The van der Waals surface area contributed by atoms with Gasteiger partial charge in [-0.05, 0) is 0 Å². The Kier molecular flexibility index (Phi) is 6.57. The summed E-state index contributed by atoms with van der Waals surface area (Å²) in [6.07, 6.45) is 0. The predicted octanol–water partition coefficient (Wildman–Crippen LogP) is 1.10. The van der Waals surface area contributed by atoms with Crippen LogP contribution >= 0.6 is 0 Å². The molecule has 0 aliphatic rings. The number of carbonyl (C=O) groups excluding carboxylic acids is 2. The molecule has 0 spiro atoms. The monoisotopic (exact) mass is 339 g/mol. The second-order valence-corrected chi connectivity index (χ2v) is 5.47. The summed E-state index contributed by atoms with van der Waals surface area (Å²) in [5.74, 6) is -1.12. The maximum absolute atomic E-state index is 11.5. The molecule has 0 heterocycles. The fourth-order valence-corrected chi connectivity index (χ4v) is 2.07. The molecule has 0 bridgehead atoms. The number of ether oxygens (including phenoxy) is 1. The number of esters is 1. The van der Waals surface area contributed by atoms with Crippen molar-refractivity contribution < 1.29 is 14.3 Å². The van der Waals surface area contributed by atoms with E-state index in [0.29, 0.717) is 5.69 Å². The normalized spacial score (nSPS) is 11.8. The minimum atomic E-state index is -1.22. The number of ketones is 1. The van der Waals surface area contributed by atoms with Gasteiger partial charge in [0.25, 0.3) is 0 Å². The Hall–Kier alpha value is -2.03. The molecule has 0 saturated carbocycles. The zero-order valence-electron chi connectivity index (χ0n) is 11.1. The molecule has 0 aliphatic carbocycles. The van der Waals surface area contributed by atoms with Crippen LogP contribution in [-0.2, 0) is 14.3 Å². The van der Waals surface area contributed by atoms with Crippen LogP contribution in [0.15, 0.2) is 34.5 Å². The number of hydrogen-bond acceptors (Lipinski definition) is 6. The molecule has 0 N–H and O–H groups in total. The van der Waals surface area contributed by atoms with Crippen molar-refractivity contribution in [3.05, 3.63) is 24.3 Å². The van der Waals surface area contributed by atoms with E-state index in [2.05, 4.69) is 15.2 Å². The number of Topliss-reactive ketones (excluding diaryl/α,β-unsaturated/α-hetero) is 1. The van der Waals surface area contributed by atoms with Crippen LogP contribution in [-0.4, -0.2) is 39.4 Å². The number of nitrogens with zero attached hydrogens (tertiary/aromatic N) is 3. The molecule has 0 aromatic heterocycles. The van der Waals surface area contributed by atoms with E-state index in [-0.39, 0.29) is 21.6 Å². The third kappa shape index (κ3) is 4.92. The van der Waals surface area contributed by atoms with Gasteiger partial charge < -0.3 is 0 Å². The average molecular weight is 338 g/mol. The summed E-state index contributed by atoms with van der Waals surface area (Å²) in [7, 11) is 0. The van der Waals surface area contributed by atoms with Gasteiger partial charge in [-0.15, -0.1) is 0 Å². The van der Waals surface area contributed by atoms with E-state index in [1.165, 1.54) is 6.92 Å². The predicted molar refractivity (Wildman–Crippen MR) is 73.1 cm³/mol. The Bertz CT molecular complexity index is 549. The van der Waals surface area contributed by atoms with Crippen LogP contribution in [0.1, 0.15) is 13.8 Å². The van der Waals surface area contributed by atoms with Gasteiger partial charge in [0.2, 0.25) is 0 Å². The average Bonchev–Trinajstić information content (AvgIpc) is 2.41. The van der Waals surface area contributed by atoms with Crippen molar-refractivity contribution in [3.63, 3.8) is 0 Å². The molecule has 0 amide bonds. The maximum atomic E-state index is 11.5. The Balaban J connectivity index is 2.80. The molecule has 1 aromatic carbocycles. The Labute approximate surface area is 123 Å². The molecule has 1 unspecified atom stereocenters. The van der Waals surface area contributed by atoms with E-state index in [0.717, 1.165) is 4.46 Å². The Morgan fingerprint density at radius 1 is 1.40 bits per heavy atom. The van der Waals surface area contributed by atoms with Crippen molar-refractivity contribution >= 4 is 36.9 Å². The van der Waals surface area contributed by atoms with Gasteiger partial charge >= 0.3 is 122 Å². The SMILES string of the molecule is CCOC(=O)C(N=Nc1ccc([Se]C#N)cc1)C(C)=O. The van der Waals surface area contributed by atoms with Crippen molar-refractivity contribution in [2.75, 3.05) is 6.61 Å². The number of carbonyl (C=O) groups is 2. The van der Waals surface area contributed by atoms with Crippen molar-refractivity contribution in [2.45, 2.75) is 19.9 Å². The summed E-state index contributed by atoms with van der Waals surface area (Å²) < 4.78 is 5.68. The van der Waals surface area contributed by atoms with Gasteiger partial charge in [0, 0.05) is 0 Å². The molecule has 0 fully saturated rings. The second kappa shape index (κ2) is 8.20. The molecule has 1 rings (SSSR count). The molecule has 7 heteroatoms. The summed E-state index contributed by atoms with van der Waals surface area (Å²) in [6, 6.07) is 5.67. The van der Waals surface area contributed by atoms with E-state index >= 15 is 0 Å². The van der Waals surface area contributed by atoms with Crippen molar-refractivity contribution in [1.29, 1.82) is 5.26 Å². The van der Waals surface area contributed by atoms with E-state index in [4.69, 9.17) is 10.00 Å². The second-order valence-electron chi connectivity index (χ2n) is 3.67. The summed E-state index contributed by atoms with van der Waals surface area (Å²) >= 11 is -0.220. The Morgan fingerprint density at radius 3 is 2.55 bits per heavy atom. The standard InChI is InChI=1S/C13H13N3O3Se/c1-3-19-13(18)12(9(2)17)16-15-10-4-6-11(7-5-10)20-8-14/h4-7,12H,3H2,1-2H3. The van der Waals surface area contributed by atoms with Crippen LogP contribution < -0.4 is 4.46 Å². The number of benzene rings is 1. The summed E-state index contributed by atoms with van der Waals surface area (Å²) in [6.45, 7) is 3.10. The fourth-order valence-electron chi connectivity index (χ4n) is 1.27. The molecule has 6 nitrogen and oxygen atoms in total. The van der Waals surface area contributed by atoms with Gasteiger partial charge in [-0.2, -0.15) is 0 Å². The van der Waals surface area contributed by atoms with E-state index in [1.54, 1.807) is 31.2 Å². The fraction of sp³-hybridized carbons (Fsp3) is 0.308. The first-order valence-electron chi connectivity index (χ1n) is 5.82. The van der Waals surface area contributed by atoms with Crippen molar-refractivity contribution in [1.82, 2.24) is 0 Å². The van der Waals surface area contributed by atoms with Crippen LogP contribution in [0.5, 0.6) is 0 Å². The van der Waals surface area contributed by atoms with Crippen LogP contribution in [0.3, 0.4) is 0 Å². The molecule has 0 saturated heterocycles.